The van der Waals surface area contributed by atoms with Gasteiger partial charge in [0.15, 0.2) is 0 Å². The molecule has 0 radical (unpaired) electrons. The topological polar surface area (TPSA) is 74.8 Å². The Labute approximate surface area is 175 Å². The van der Waals surface area contributed by atoms with Crippen LogP contribution in [0.3, 0.4) is 0 Å². The van der Waals surface area contributed by atoms with Crippen molar-refractivity contribution in [2.45, 2.75) is 27.2 Å². The van der Waals surface area contributed by atoms with Crippen LogP contribution >= 0.6 is 11.3 Å². The van der Waals surface area contributed by atoms with E-state index >= 15 is 0 Å². The second-order valence-corrected chi connectivity index (χ2v) is 7.97. The molecule has 2 amide bonds. The summed E-state index contributed by atoms with van der Waals surface area (Å²) in [7, 11) is 0. The van der Waals surface area contributed by atoms with E-state index in [0.717, 1.165) is 54.8 Å². The van der Waals surface area contributed by atoms with Gasteiger partial charge in [-0.25, -0.2) is 4.98 Å². The molecule has 0 unspecified atom stereocenters. The molecule has 1 aliphatic rings. The highest BCUT2D eigenvalue weighted by molar-refractivity contribution is 7.13. The minimum Gasteiger partial charge on any atom is -0.378 e. The zero-order chi connectivity index (χ0) is 20.8. The van der Waals surface area contributed by atoms with E-state index in [1.165, 1.54) is 11.3 Å². The zero-order valence-electron chi connectivity index (χ0n) is 17.2. The first-order chi connectivity index (χ1) is 14.0. The molecule has 2 heterocycles. The number of ether oxygens (including phenoxy) is 1. The Kier molecular flexibility index (Phi) is 7.22. The van der Waals surface area contributed by atoms with Crippen LogP contribution in [0.25, 0.3) is 0 Å². The van der Waals surface area contributed by atoms with Gasteiger partial charge in [0.2, 0.25) is 5.91 Å². The fourth-order valence-corrected chi connectivity index (χ4v) is 4.20. The number of rotatable bonds is 7. The number of benzene rings is 1. The minimum absolute atomic E-state index is 0.0132. The molecule has 0 bridgehead atoms. The Morgan fingerprint density at radius 3 is 2.48 bits per heavy atom. The van der Waals surface area contributed by atoms with Gasteiger partial charge in [0.05, 0.1) is 23.9 Å². The van der Waals surface area contributed by atoms with Crippen molar-refractivity contribution in [3.8, 4) is 0 Å². The summed E-state index contributed by atoms with van der Waals surface area (Å²) >= 11 is 1.41. The van der Waals surface area contributed by atoms with E-state index < -0.39 is 0 Å². The monoisotopic (exact) mass is 416 g/mol. The third-order valence-corrected chi connectivity index (χ3v) is 6.16. The summed E-state index contributed by atoms with van der Waals surface area (Å²) in [6.07, 6.45) is 0.797. The van der Waals surface area contributed by atoms with Gasteiger partial charge in [-0.2, -0.15) is 0 Å². The molecule has 1 aliphatic heterocycles. The summed E-state index contributed by atoms with van der Waals surface area (Å²) in [5.41, 5.74) is 2.57. The average molecular weight is 417 g/mol. The van der Waals surface area contributed by atoms with Crippen molar-refractivity contribution in [3.63, 3.8) is 0 Å². The highest BCUT2D eigenvalue weighted by Crippen LogP contribution is 2.21. The predicted octanol–water partition coefficient (Wildman–Crippen LogP) is 2.95. The molecule has 1 fully saturated rings. The quantitative estimate of drug-likeness (QED) is 0.751. The molecule has 1 N–H and O–H groups in total. The van der Waals surface area contributed by atoms with Gasteiger partial charge in [-0.1, -0.05) is 6.92 Å². The standard InChI is InChI=1S/C21H28N4O3S/c1-4-19-22-15(3)20(29-19)21(27)24(5-2)14-18(26)23-16-6-8-17(9-7-16)25-10-12-28-13-11-25/h6-9H,4-5,10-14H2,1-3H3,(H,23,26). The number of morpholine rings is 1. The third-order valence-electron chi connectivity index (χ3n) is 4.87. The van der Waals surface area contributed by atoms with E-state index in [4.69, 9.17) is 4.74 Å². The maximum absolute atomic E-state index is 12.8. The molecule has 0 saturated carbocycles. The number of nitrogens with one attached hydrogen (secondary N) is 1. The van der Waals surface area contributed by atoms with Crippen molar-refractivity contribution in [1.29, 1.82) is 0 Å². The van der Waals surface area contributed by atoms with Crippen molar-refractivity contribution in [1.82, 2.24) is 9.88 Å². The molecule has 1 aromatic heterocycles. The molecule has 0 atom stereocenters. The second-order valence-electron chi connectivity index (χ2n) is 6.89. The van der Waals surface area contributed by atoms with E-state index in [1.807, 2.05) is 45.0 Å². The van der Waals surface area contributed by atoms with Gasteiger partial charge in [0, 0.05) is 31.0 Å². The Balaban J connectivity index is 1.59. The molecular weight excluding hydrogens is 388 g/mol. The molecule has 0 aliphatic carbocycles. The fraction of sp³-hybridized carbons (Fsp3) is 0.476. The van der Waals surface area contributed by atoms with Crippen LogP contribution in [0, 0.1) is 6.92 Å². The molecule has 156 valence electrons. The lowest BCUT2D eigenvalue weighted by Gasteiger charge is -2.29. The summed E-state index contributed by atoms with van der Waals surface area (Å²) in [5, 5.41) is 3.82. The van der Waals surface area contributed by atoms with Crippen molar-refractivity contribution < 1.29 is 14.3 Å². The van der Waals surface area contributed by atoms with Crippen LogP contribution in [0.15, 0.2) is 24.3 Å². The number of hydrogen-bond acceptors (Lipinski definition) is 6. The number of anilines is 2. The molecule has 0 spiro atoms. The third kappa shape index (κ3) is 5.33. The van der Waals surface area contributed by atoms with Crippen LogP contribution in [0.5, 0.6) is 0 Å². The van der Waals surface area contributed by atoms with Gasteiger partial charge in [0.25, 0.3) is 5.91 Å². The van der Waals surface area contributed by atoms with Crippen LogP contribution in [-0.2, 0) is 16.0 Å². The van der Waals surface area contributed by atoms with Gasteiger partial charge < -0.3 is 19.9 Å². The summed E-state index contributed by atoms with van der Waals surface area (Å²) in [4.78, 5) is 34.2. The van der Waals surface area contributed by atoms with E-state index in [0.29, 0.717) is 11.4 Å². The van der Waals surface area contributed by atoms with Gasteiger partial charge >= 0.3 is 0 Å². The highest BCUT2D eigenvalue weighted by atomic mass is 32.1. The smallest absolute Gasteiger partial charge is 0.266 e. The Morgan fingerprint density at radius 1 is 1.21 bits per heavy atom. The number of nitrogens with zero attached hydrogens (tertiary/aromatic N) is 3. The number of aromatic nitrogens is 1. The Bertz CT molecular complexity index is 844. The first-order valence-corrected chi connectivity index (χ1v) is 10.8. The first-order valence-electron chi connectivity index (χ1n) is 10.00. The normalized spacial score (nSPS) is 14.0. The van der Waals surface area contributed by atoms with Crippen LogP contribution in [0.4, 0.5) is 11.4 Å². The van der Waals surface area contributed by atoms with Gasteiger partial charge in [-0.05, 0) is 44.5 Å². The predicted molar refractivity (Wildman–Crippen MR) is 116 cm³/mol. The Morgan fingerprint density at radius 2 is 1.90 bits per heavy atom. The van der Waals surface area contributed by atoms with Crippen LogP contribution in [-0.4, -0.2) is 61.1 Å². The second kappa shape index (κ2) is 9.84. The van der Waals surface area contributed by atoms with Crippen LogP contribution < -0.4 is 10.2 Å². The van der Waals surface area contributed by atoms with Gasteiger partial charge in [-0.15, -0.1) is 11.3 Å². The fourth-order valence-electron chi connectivity index (χ4n) is 3.22. The number of carbonyl (C=O) groups is 2. The molecule has 7 nitrogen and oxygen atoms in total. The number of thiazole rings is 1. The molecule has 2 aromatic rings. The Hall–Kier alpha value is -2.45. The van der Waals surface area contributed by atoms with Crippen LogP contribution in [0.2, 0.25) is 0 Å². The number of carbonyl (C=O) groups excluding carboxylic acids is 2. The van der Waals surface area contributed by atoms with E-state index in [2.05, 4.69) is 15.2 Å². The number of hydrogen-bond donors (Lipinski definition) is 1. The average Bonchev–Trinajstić information content (AvgIpc) is 3.13. The van der Waals surface area contributed by atoms with Crippen molar-refractivity contribution in [2.75, 3.05) is 49.6 Å². The summed E-state index contributed by atoms with van der Waals surface area (Å²) in [5.74, 6) is -0.350. The molecular formula is C21H28N4O3S. The van der Waals surface area contributed by atoms with Crippen LogP contribution in [0.1, 0.15) is 34.2 Å². The maximum atomic E-state index is 12.8. The molecule has 1 aromatic carbocycles. The molecule has 8 heteroatoms. The highest BCUT2D eigenvalue weighted by Gasteiger charge is 2.22. The lowest BCUT2D eigenvalue weighted by atomic mass is 10.2. The summed E-state index contributed by atoms with van der Waals surface area (Å²) < 4.78 is 5.38. The van der Waals surface area contributed by atoms with Crippen molar-refractivity contribution >= 4 is 34.5 Å². The zero-order valence-corrected chi connectivity index (χ0v) is 18.1. The van der Waals surface area contributed by atoms with E-state index in [1.54, 1.807) is 4.90 Å². The number of aryl methyl sites for hydroxylation is 2. The SMILES string of the molecule is CCc1nc(C)c(C(=O)N(CC)CC(=O)Nc2ccc(N3CCOCC3)cc2)s1. The van der Waals surface area contributed by atoms with E-state index in [-0.39, 0.29) is 18.4 Å². The van der Waals surface area contributed by atoms with Gasteiger partial charge in [-0.3, -0.25) is 9.59 Å². The molecule has 1 saturated heterocycles. The van der Waals surface area contributed by atoms with Crippen molar-refractivity contribution in [2.24, 2.45) is 0 Å². The van der Waals surface area contributed by atoms with Gasteiger partial charge in [0.1, 0.15) is 11.4 Å². The lowest BCUT2D eigenvalue weighted by molar-refractivity contribution is -0.116. The first kappa shape index (κ1) is 21.3. The summed E-state index contributed by atoms with van der Waals surface area (Å²) in [6, 6.07) is 7.77. The molecule has 29 heavy (non-hydrogen) atoms. The number of likely N-dealkylation sites (N-methyl/N-ethyl adjacent to an activating group) is 1. The van der Waals surface area contributed by atoms with Crippen molar-refractivity contribution in [3.05, 3.63) is 39.8 Å². The maximum Gasteiger partial charge on any atom is 0.266 e. The largest absolute Gasteiger partial charge is 0.378 e. The summed E-state index contributed by atoms with van der Waals surface area (Å²) in [6.45, 7) is 9.41. The minimum atomic E-state index is -0.211. The lowest BCUT2D eigenvalue weighted by Crippen LogP contribution is -2.37. The molecule has 3 rings (SSSR count). The van der Waals surface area contributed by atoms with E-state index in [9.17, 15) is 9.59 Å². The number of amides is 2.